The average molecular weight is 485 g/mol. The van der Waals surface area contributed by atoms with E-state index in [-0.39, 0.29) is 41.0 Å². The van der Waals surface area contributed by atoms with Crippen LogP contribution in [-0.4, -0.2) is 90.2 Å². The zero-order chi connectivity index (χ0) is 24.4. The van der Waals surface area contributed by atoms with Crippen molar-refractivity contribution < 1.29 is 28.9 Å². The Morgan fingerprint density at radius 1 is 1.36 bits per heavy atom. The van der Waals surface area contributed by atoms with E-state index in [1.165, 1.54) is 6.07 Å². The fourth-order valence-electron chi connectivity index (χ4n) is 3.86. The molecule has 2 N–H and O–H groups in total. The minimum atomic E-state index is -1.15. The number of amides is 1. The number of morpholine rings is 1. The number of pyridine rings is 1. The van der Waals surface area contributed by atoms with Crippen LogP contribution in [0.5, 0.6) is 5.75 Å². The molecule has 0 bridgehead atoms. The predicted molar refractivity (Wildman–Crippen MR) is 124 cm³/mol. The normalized spacial score (nSPS) is 21.0. The highest BCUT2D eigenvalue weighted by atomic mass is 35.5. The molecule has 2 fully saturated rings. The maximum Gasteiger partial charge on any atom is 0.410 e. The Hall–Kier alpha value is -2.30. The number of nitrogens with one attached hydrogen (secondary N) is 1. The van der Waals surface area contributed by atoms with E-state index >= 15 is 0 Å². The van der Waals surface area contributed by atoms with Gasteiger partial charge in [0.05, 0.1) is 24.8 Å². The summed E-state index contributed by atoms with van der Waals surface area (Å²) in [5.41, 5.74) is -1.09. The number of carboxylic acid groups (broad SMARTS) is 1. The van der Waals surface area contributed by atoms with Gasteiger partial charge in [-0.05, 0) is 34.6 Å². The first kappa shape index (κ1) is 25.3. The molecule has 1 aromatic rings. The summed E-state index contributed by atoms with van der Waals surface area (Å²) in [7, 11) is 0. The topological polar surface area (TPSA) is 113 Å². The molecule has 1 amide bonds. The maximum atomic E-state index is 12.4. The monoisotopic (exact) mass is 484 g/mol. The molecule has 2 aliphatic rings. The molecule has 0 saturated carbocycles. The van der Waals surface area contributed by atoms with Crippen molar-refractivity contribution >= 4 is 29.5 Å². The quantitative estimate of drug-likeness (QED) is 0.608. The first-order chi connectivity index (χ1) is 15.4. The molecule has 3 heterocycles. The number of carbonyl (C=O) groups excluding carboxylic acids is 1. The van der Waals surface area contributed by atoms with Gasteiger partial charge in [0.15, 0.2) is 0 Å². The summed E-state index contributed by atoms with van der Waals surface area (Å²) >= 11 is 6.26. The number of piperazine rings is 1. The van der Waals surface area contributed by atoms with Crippen molar-refractivity contribution in [2.24, 2.45) is 0 Å². The minimum Gasteiger partial charge on any atom is -0.491 e. The van der Waals surface area contributed by atoms with Gasteiger partial charge in [-0.3, -0.25) is 0 Å². The molecule has 1 atom stereocenters. The van der Waals surface area contributed by atoms with Crippen molar-refractivity contribution in [2.45, 2.75) is 51.8 Å². The molecule has 0 spiro atoms. The van der Waals surface area contributed by atoms with Crippen molar-refractivity contribution in [3.8, 4) is 5.75 Å². The highest BCUT2D eigenvalue weighted by Gasteiger charge is 2.36. The lowest BCUT2D eigenvalue weighted by Crippen LogP contribution is -2.55. The van der Waals surface area contributed by atoms with Crippen molar-refractivity contribution in [3.63, 3.8) is 0 Å². The lowest BCUT2D eigenvalue weighted by Gasteiger charge is -2.43. The van der Waals surface area contributed by atoms with Gasteiger partial charge in [0.2, 0.25) is 0 Å². The summed E-state index contributed by atoms with van der Waals surface area (Å²) in [5, 5.41) is 13.4. The SMILES string of the molecule is CC(C)(C)OC(=O)N1CCN[C@@H](COc2cc(Cl)nc(N3CCOCC3(C)C)c2C(=O)O)C1. The van der Waals surface area contributed by atoms with E-state index in [1.807, 2.05) is 39.5 Å². The molecule has 10 nitrogen and oxygen atoms in total. The van der Waals surface area contributed by atoms with E-state index in [1.54, 1.807) is 4.90 Å². The summed E-state index contributed by atoms with van der Waals surface area (Å²) in [6.45, 7) is 12.4. The average Bonchev–Trinajstić information content (AvgIpc) is 2.70. The molecular formula is C22H33ClN4O6. The van der Waals surface area contributed by atoms with E-state index in [0.29, 0.717) is 39.4 Å². The Labute approximate surface area is 199 Å². The highest BCUT2D eigenvalue weighted by molar-refractivity contribution is 6.29. The Morgan fingerprint density at radius 3 is 2.73 bits per heavy atom. The van der Waals surface area contributed by atoms with Crippen molar-refractivity contribution in [1.29, 1.82) is 0 Å². The summed E-state index contributed by atoms with van der Waals surface area (Å²) in [6.07, 6.45) is -0.385. The molecule has 1 aromatic heterocycles. The van der Waals surface area contributed by atoms with Crippen LogP contribution in [0.4, 0.5) is 10.6 Å². The number of aromatic nitrogens is 1. The molecule has 2 aliphatic heterocycles. The predicted octanol–water partition coefficient (Wildman–Crippen LogP) is 2.64. The molecular weight excluding hydrogens is 452 g/mol. The van der Waals surface area contributed by atoms with Crippen molar-refractivity contribution in [2.75, 3.05) is 50.9 Å². The van der Waals surface area contributed by atoms with E-state index in [2.05, 4.69) is 10.3 Å². The molecule has 33 heavy (non-hydrogen) atoms. The standard InChI is InChI=1S/C22H33ClN4O6/c1-21(2,3)33-20(30)26-7-6-24-14(11-26)12-32-15-10-16(23)25-18(17(15)19(28)29)27-8-9-31-13-22(27,4)5/h10,14,24H,6-9,11-13H2,1-5H3,(H,28,29)/t14-/m1/s1. The van der Waals surface area contributed by atoms with Gasteiger partial charge in [0.1, 0.15) is 34.5 Å². The number of halogens is 1. The molecule has 0 unspecified atom stereocenters. The third-order valence-electron chi connectivity index (χ3n) is 5.39. The third-order valence-corrected chi connectivity index (χ3v) is 5.59. The third kappa shape index (κ3) is 6.39. The Kier molecular flexibility index (Phi) is 7.60. The second-order valence-electron chi connectivity index (χ2n) is 9.85. The molecule has 0 aliphatic carbocycles. The number of aromatic carboxylic acids is 1. The lowest BCUT2D eigenvalue weighted by molar-refractivity contribution is 0.0178. The summed E-state index contributed by atoms with van der Waals surface area (Å²) in [4.78, 5) is 32.5. The fraction of sp³-hybridized carbons (Fsp3) is 0.682. The van der Waals surface area contributed by atoms with Crippen LogP contribution < -0.4 is 15.0 Å². The van der Waals surface area contributed by atoms with Crippen LogP contribution in [0.1, 0.15) is 45.0 Å². The minimum absolute atomic E-state index is 0.0471. The Balaban J connectivity index is 1.78. The van der Waals surface area contributed by atoms with Crippen molar-refractivity contribution in [1.82, 2.24) is 15.2 Å². The smallest absolute Gasteiger partial charge is 0.410 e. The van der Waals surface area contributed by atoms with Crippen LogP contribution in [0.25, 0.3) is 0 Å². The van der Waals surface area contributed by atoms with E-state index < -0.39 is 17.1 Å². The van der Waals surface area contributed by atoms with Crippen LogP contribution in [0, 0.1) is 0 Å². The van der Waals surface area contributed by atoms with Gasteiger partial charge < -0.3 is 34.4 Å². The van der Waals surface area contributed by atoms with Crippen LogP contribution >= 0.6 is 11.6 Å². The summed E-state index contributed by atoms with van der Waals surface area (Å²) in [6, 6.07) is 1.21. The summed E-state index contributed by atoms with van der Waals surface area (Å²) in [5.74, 6) is -0.764. The number of anilines is 1. The molecule has 184 valence electrons. The van der Waals surface area contributed by atoms with Crippen molar-refractivity contribution in [3.05, 3.63) is 16.8 Å². The van der Waals surface area contributed by atoms with E-state index in [9.17, 15) is 14.7 Å². The number of hydrogen-bond acceptors (Lipinski definition) is 8. The first-order valence-electron chi connectivity index (χ1n) is 11.0. The Bertz CT molecular complexity index is 888. The van der Waals surface area contributed by atoms with Gasteiger partial charge in [0, 0.05) is 32.2 Å². The molecule has 0 aromatic carbocycles. The zero-order valence-electron chi connectivity index (χ0n) is 19.8. The number of nitrogens with zero attached hydrogens (tertiary/aromatic N) is 3. The van der Waals surface area contributed by atoms with E-state index in [0.717, 1.165) is 0 Å². The molecule has 0 radical (unpaired) electrons. The maximum absolute atomic E-state index is 12.4. The molecule has 3 rings (SSSR count). The van der Waals surface area contributed by atoms with Gasteiger partial charge in [-0.15, -0.1) is 0 Å². The second kappa shape index (κ2) is 9.90. The summed E-state index contributed by atoms with van der Waals surface area (Å²) < 4.78 is 17.0. The van der Waals surface area contributed by atoms with Crippen LogP contribution in [0.3, 0.4) is 0 Å². The fourth-order valence-corrected chi connectivity index (χ4v) is 4.04. The molecule has 2 saturated heterocycles. The van der Waals surface area contributed by atoms with Crippen LogP contribution in [0.15, 0.2) is 6.07 Å². The van der Waals surface area contributed by atoms with E-state index in [4.69, 9.17) is 25.8 Å². The number of rotatable bonds is 5. The van der Waals surface area contributed by atoms with Gasteiger partial charge >= 0.3 is 12.1 Å². The second-order valence-corrected chi connectivity index (χ2v) is 10.2. The number of ether oxygens (including phenoxy) is 3. The zero-order valence-corrected chi connectivity index (χ0v) is 20.6. The lowest BCUT2D eigenvalue weighted by atomic mass is 10.0. The Morgan fingerprint density at radius 2 is 2.09 bits per heavy atom. The van der Waals surface area contributed by atoms with Gasteiger partial charge in [0.25, 0.3) is 0 Å². The number of carbonyl (C=O) groups is 2. The van der Waals surface area contributed by atoms with Gasteiger partial charge in [-0.1, -0.05) is 11.6 Å². The van der Waals surface area contributed by atoms with Crippen LogP contribution in [0.2, 0.25) is 5.15 Å². The van der Waals surface area contributed by atoms with Gasteiger partial charge in [-0.25, -0.2) is 14.6 Å². The molecule has 11 heteroatoms. The highest BCUT2D eigenvalue weighted by Crippen LogP contribution is 2.35. The first-order valence-corrected chi connectivity index (χ1v) is 11.4. The number of hydrogen-bond donors (Lipinski definition) is 2. The largest absolute Gasteiger partial charge is 0.491 e. The van der Waals surface area contributed by atoms with Crippen LogP contribution in [-0.2, 0) is 9.47 Å². The van der Waals surface area contributed by atoms with Gasteiger partial charge in [-0.2, -0.15) is 0 Å². The number of carboxylic acids is 1.